The Labute approximate surface area is 186 Å². The van der Waals surface area contributed by atoms with E-state index in [0.717, 1.165) is 16.7 Å². The number of carboxylic acids is 1. The second-order valence-corrected chi connectivity index (χ2v) is 8.56. The van der Waals surface area contributed by atoms with Crippen molar-refractivity contribution in [1.82, 2.24) is 5.32 Å². The average molecular weight is 437 g/mol. The van der Waals surface area contributed by atoms with Crippen LogP contribution in [0.2, 0.25) is 0 Å². The van der Waals surface area contributed by atoms with Gasteiger partial charge in [0.1, 0.15) is 6.04 Å². The molecule has 4 nitrogen and oxygen atoms in total. The highest BCUT2D eigenvalue weighted by molar-refractivity contribution is 8.00. The van der Waals surface area contributed by atoms with Crippen molar-refractivity contribution in [3.05, 3.63) is 108 Å². The fourth-order valence-corrected chi connectivity index (χ4v) is 5.24. The van der Waals surface area contributed by atoms with Gasteiger partial charge >= 0.3 is 5.97 Å². The van der Waals surface area contributed by atoms with Crippen LogP contribution in [0.4, 0.5) is 0 Å². The summed E-state index contributed by atoms with van der Waals surface area (Å²) in [5.41, 5.74) is 8.93. The summed E-state index contributed by atoms with van der Waals surface area (Å²) in [6.07, 6.45) is 0.381. The van der Waals surface area contributed by atoms with Crippen molar-refractivity contribution in [3.8, 4) is 0 Å². The van der Waals surface area contributed by atoms with Crippen LogP contribution in [0.15, 0.2) is 91.0 Å². The summed E-state index contributed by atoms with van der Waals surface area (Å²) in [4.78, 5) is 11.6. The maximum Gasteiger partial charge on any atom is 0.326 e. The molecule has 0 radical (unpaired) electrons. The van der Waals surface area contributed by atoms with Crippen LogP contribution in [-0.2, 0) is 9.54 Å². The molecular weight excluding hydrogens is 412 g/mol. The highest BCUT2D eigenvalue weighted by atomic mass is 32.2. The molecule has 3 aromatic rings. The zero-order valence-electron chi connectivity index (χ0n) is 16.4. The van der Waals surface area contributed by atoms with Gasteiger partial charge in [-0.05, 0) is 41.1 Å². The lowest BCUT2D eigenvalue weighted by molar-refractivity contribution is -0.139. The molecule has 1 unspecified atom stereocenters. The number of carbonyl (C=O) groups is 1. The van der Waals surface area contributed by atoms with Gasteiger partial charge in [0.05, 0.1) is 4.75 Å². The second kappa shape index (κ2) is 10.3. The molecule has 6 heteroatoms. The first kappa shape index (κ1) is 21.9. The lowest BCUT2D eigenvalue weighted by atomic mass is 9.84. The summed E-state index contributed by atoms with van der Waals surface area (Å²) >= 11 is 6.55. The van der Waals surface area contributed by atoms with Gasteiger partial charge in [-0.25, -0.2) is 4.79 Å². The van der Waals surface area contributed by atoms with E-state index < -0.39 is 16.8 Å². The Morgan fingerprint density at radius 3 is 1.63 bits per heavy atom. The third kappa shape index (κ3) is 5.01. The predicted octanol–water partition coefficient (Wildman–Crippen LogP) is 4.39. The van der Waals surface area contributed by atoms with Crippen molar-refractivity contribution in [1.29, 1.82) is 0 Å². The largest absolute Gasteiger partial charge is 0.480 e. The molecule has 4 N–H and O–H groups in total. The smallest absolute Gasteiger partial charge is 0.326 e. The van der Waals surface area contributed by atoms with Crippen LogP contribution in [0, 0.1) is 0 Å². The molecule has 0 heterocycles. The van der Waals surface area contributed by atoms with E-state index in [-0.39, 0.29) is 5.11 Å². The Balaban J connectivity index is 2.03. The van der Waals surface area contributed by atoms with Gasteiger partial charge in [0, 0.05) is 0 Å². The summed E-state index contributed by atoms with van der Waals surface area (Å²) in [7, 11) is 0. The van der Waals surface area contributed by atoms with Crippen molar-refractivity contribution in [2.24, 2.45) is 5.73 Å². The Morgan fingerprint density at radius 2 is 1.30 bits per heavy atom. The van der Waals surface area contributed by atoms with Crippen molar-refractivity contribution < 1.29 is 9.90 Å². The highest BCUT2D eigenvalue weighted by Crippen LogP contribution is 2.48. The first-order valence-electron chi connectivity index (χ1n) is 9.63. The van der Waals surface area contributed by atoms with E-state index in [2.05, 4.69) is 41.7 Å². The number of thiocarbonyl (C=S) groups is 1. The molecule has 3 rings (SSSR count). The van der Waals surface area contributed by atoms with Gasteiger partial charge in [-0.15, -0.1) is 11.8 Å². The van der Waals surface area contributed by atoms with Gasteiger partial charge in [0.15, 0.2) is 5.11 Å². The molecule has 154 valence electrons. The summed E-state index contributed by atoms with van der Waals surface area (Å²) in [6, 6.07) is 30.1. The zero-order chi connectivity index (χ0) is 21.4. The number of nitrogens with one attached hydrogen (secondary N) is 1. The third-order valence-corrected chi connectivity index (χ3v) is 6.58. The summed E-state index contributed by atoms with van der Waals surface area (Å²) in [5, 5.41) is 12.2. The number of carboxylic acid groups (broad SMARTS) is 1. The van der Waals surface area contributed by atoms with Crippen LogP contribution < -0.4 is 11.1 Å². The van der Waals surface area contributed by atoms with Crippen LogP contribution in [0.3, 0.4) is 0 Å². The molecule has 0 amide bonds. The first-order chi connectivity index (χ1) is 14.5. The van der Waals surface area contributed by atoms with E-state index >= 15 is 0 Å². The van der Waals surface area contributed by atoms with E-state index in [9.17, 15) is 9.90 Å². The number of hydrogen-bond acceptors (Lipinski definition) is 3. The minimum absolute atomic E-state index is 0.00663. The monoisotopic (exact) mass is 436 g/mol. The summed E-state index contributed by atoms with van der Waals surface area (Å²) < 4.78 is -0.476. The Hall–Kier alpha value is -2.83. The Bertz CT molecular complexity index is 870. The van der Waals surface area contributed by atoms with Crippen molar-refractivity contribution in [3.63, 3.8) is 0 Å². The Kier molecular flexibility index (Phi) is 7.49. The first-order valence-corrected chi connectivity index (χ1v) is 11.0. The van der Waals surface area contributed by atoms with Crippen molar-refractivity contribution >= 4 is 35.1 Å². The SMILES string of the molecule is NC(=S)NC(CCSC(c1ccccc1)(c1ccccc1)c1ccccc1)C(=O)O. The van der Waals surface area contributed by atoms with Crippen LogP contribution in [-0.4, -0.2) is 28.0 Å². The maximum atomic E-state index is 11.6. The lowest BCUT2D eigenvalue weighted by Crippen LogP contribution is -2.44. The fraction of sp³-hybridized carbons (Fsp3) is 0.167. The molecule has 0 saturated heterocycles. The van der Waals surface area contributed by atoms with Crippen LogP contribution in [0.25, 0.3) is 0 Å². The van der Waals surface area contributed by atoms with E-state index in [1.54, 1.807) is 11.8 Å². The van der Waals surface area contributed by atoms with Gasteiger partial charge in [0.2, 0.25) is 0 Å². The minimum Gasteiger partial charge on any atom is -0.480 e. The number of rotatable bonds is 9. The number of aliphatic carboxylic acids is 1. The molecule has 0 aliphatic heterocycles. The standard InChI is InChI=1S/C24H24N2O2S2/c25-23(29)26-21(22(27)28)16-17-30-24(18-10-4-1-5-11-18,19-12-6-2-7-13-19)20-14-8-3-9-15-20/h1-15,21H,16-17H2,(H,27,28)(H3,25,26,29). The van der Waals surface area contributed by atoms with Gasteiger partial charge in [-0.1, -0.05) is 91.0 Å². The molecule has 0 aromatic heterocycles. The highest BCUT2D eigenvalue weighted by Gasteiger charge is 2.37. The lowest BCUT2D eigenvalue weighted by Gasteiger charge is -2.35. The Morgan fingerprint density at radius 1 is 0.900 bits per heavy atom. The summed E-state index contributed by atoms with van der Waals surface area (Å²) in [5.74, 6) is -0.376. The normalized spacial score (nSPS) is 12.1. The molecule has 0 aliphatic rings. The van der Waals surface area contributed by atoms with Gasteiger partial charge in [0.25, 0.3) is 0 Å². The molecular formula is C24H24N2O2S2. The molecule has 0 fully saturated rings. The predicted molar refractivity (Wildman–Crippen MR) is 128 cm³/mol. The molecule has 0 bridgehead atoms. The topological polar surface area (TPSA) is 75.3 Å². The van der Waals surface area contributed by atoms with E-state index in [1.807, 2.05) is 54.6 Å². The van der Waals surface area contributed by atoms with Crippen molar-refractivity contribution in [2.45, 2.75) is 17.2 Å². The average Bonchev–Trinajstić information content (AvgIpc) is 2.77. The van der Waals surface area contributed by atoms with Crippen molar-refractivity contribution in [2.75, 3.05) is 5.75 Å². The quantitative estimate of drug-likeness (QED) is 0.341. The number of hydrogen-bond donors (Lipinski definition) is 3. The number of thioether (sulfide) groups is 1. The second-order valence-electron chi connectivity index (χ2n) is 6.82. The van der Waals surface area contributed by atoms with Gasteiger partial charge < -0.3 is 16.2 Å². The molecule has 3 aromatic carbocycles. The molecule has 1 atom stereocenters. The van der Waals surface area contributed by atoms with Gasteiger partial charge in [-0.3, -0.25) is 0 Å². The molecule has 0 aliphatic carbocycles. The summed E-state index contributed by atoms with van der Waals surface area (Å²) in [6.45, 7) is 0. The van der Waals surface area contributed by atoms with E-state index in [0.29, 0.717) is 12.2 Å². The van der Waals surface area contributed by atoms with Crippen LogP contribution in [0.5, 0.6) is 0 Å². The van der Waals surface area contributed by atoms with Gasteiger partial charge in [-0.2, -0.15) is 0 Å². The number of benzene rings is 3. The molecule has 0 spiro atoms. The van der Waals surface area contributed by atoms with E-state index in [1.165, 1.54) is 0 Å². The number of nitrogens with two attached hydrogens (primary N) is 1. The van der Waals surface area contributed by atoms with E-state index in [4.69, 9.17) is 18.0 Å². The third-order valence-electron chi connectivity index (χ3n) is 4.88. The minimum atomic E-state index is -0.965. The fourth-order valence-electron chi connectivity index (χ4n) is 3.53. The maximum absolute atomic E-state index is 11.6. The van der Waals surface area contributed by atoms with Crippen LogP contribution >= 0.6 is 24.0 Å². The zero-order valence-corrected chi connectivity index (χ0v) is 18.0. The molecule has 30 heavy (non-hydrogen) atoms. The van der Waals surface area contributed by atoms with Crippen LogP contribution in [0.1, 0.15) is 23.1 Å². The molecule has 0 saturated carbocycles.